The fourth-order valence-electron chi connectivity index (χ4n) is 2.98. The van der Waals surface area contributed by atoms with Gasteiger partial charge in [-0.15, -0.1) is 0 Å². The standard InChI is InChI=1S/C23H16Cl2N2O4/c1-13(21(28)26-16-11-14(24)10-15(25)12-16)30-23(29)18-7-3-2-6-17(18)22-27-19-8-4-5-9-20(19)31-22/h2-13H,1H3,(H,26,28). The number of halogens is 2. The van der Waals surface area contributed by atoms with Crippen molar-refractivity contribution in [1.82, 2.24) is 4.98 Å². The number of carbonyl (C=O) groups is 2. The third kappa shape index (κ3) is 4.71. The first kappa shape index (κ1) is 20.9. The zero-order valence-corrected chi connectivity index (χ0v) is 17.8. The predicted octanol–water partition coefficient (Wildman–Crippen LogP) is 5.99. The Kier molecular flexibility index (Phi) is 5.93. The second-order valence-electron chi connectivity index (χ2n) is 6.73. The molecule has 0 aliphatic rings. The van der Waals surface area contributed by atoms with Crippen LogP contribution < -0.4 is 5.32 Å². The van der Waals surface area contributed by atoms with Gasteiger partial charge < -0.3 is 14.5 Å². The van der Waals surface area contributed by atoms with Crippen LogP contribution in [0.5, 0.6) is 0 Å². The summed E-state index contributed by atoms with van der Waals surface area (Å²) in [5.41, 5.74) is 2.39. The van der Waals surface area contributed by atoms with Gasteiger partial charge in [-0.3, -0.25) is 4.79 Å². The van der Waals surface area contributed by atoms with Crippen LogP contribution in [0.4, 0.5) is 5.69 Å². The van der Waals surface area contributed by atoms with E-state index in [9.17, 15) is 9.59 Å². The minimum absolute atomic E-state index is 0.236. The first-order chi connectivity index (χ1) is 14.9. The van der Waals surface area contributed by atoms with Gasteiger partial charge in [-0.05, 0) is 49.4 Å². The summed E-state index contributed by atoms with van der Waals surface area (Å²) in [7, 11) is 0. The monoisotopic (exact) mass is 454 g/mol. The number of rotatable bonds is 5. The van der Waals surface area contributed by atoms with Crippen LogP contribution in [0, 0.1) is 0 Å². The van der Waals surface area contributed by atoms with E-state index in [1.54, 1.807) is 48.5 Å². The molecule has 1 amide bonds. The van der Waals surface area contributed by atoms with Crippen molar-refractivity contribution in [2.75, 3.05) is 5.32 Å². The fraction of sp³-hybridized carbons (Fsp3) is 0.0870. The molecule has 31 heavy (non-hydrogen) atoms. The molecule has 0 radical (unpaired) electrons. The van der Waals surface area contributed by atoms with Gasteiger partial charge in [0.1, 0.15) is 5.52 Å². The molecule has 6 nitrogen and oxygen atoms in total. The van der Waals surface area contributed by atoms with Crippen molar-refractivity contribution in [3.63, 3.8) is 0 Å². The van der Waals surface area contributed by atoms with Gasteiger partial charge in [0, 0.05) is 15.7 Å². The molecule has 0 aliphatic heterocycles. The summed E-state index contributed by atoms with van der Waals surface area (Å²) in [5, 5.41) is 3.38. The lowest BCUT2D eigenvalue weighted by Crippen LogP contribution is -2.30. The smallest absolute Gasteiger partial charge is 0.339 e. The van der Waals surface area contributed by atoms with Gasteiger partial charge in [-0.25, -0.2) is 9.78 Å². The normalized spacial score (nSPS) is 11.8. The highest BCUT2D eigenvalue weighted by Crippen LogP contribution is 2.28. The zero-order valence-electron chi connectivity index (χ0n) is 16.3. The number of carbonyl (C=O) groups excluding carboxylic acids is 2. The molecule has 1 atom stereocenters. The molecule has 0 saturated carbocycles. The molecular weight excluding hydrogens is 439 g/mol. The maximum atomic E-state index is 12.8. The molecule has 1 aromatic heterocycles. The van der Waals surface area contributed by atoms with Crippen LogP contribution >= 0.6 is 23.2 Å². The third-order valence-corrected chi connectivity index (χ3v) is 4.89. The molecule has 156 valence electrons. The molecule has 0 saturated heterocycles. The topological polar surface area (TPSA) is 81.4 Å². The highest BCUT2D eigenvalue weighted by atomic mass is 35.5. The van der Waals surface area contributed by atoms with Gasteiger partial charge in [0.15, 0.2) is 11.7 Å². The van der Waals surface area contributed by atoms with E-state index in [-0.39, 0.29) is 5.56 Å². The van der Waals surface area contributed by atoms with Crippen molar-refractivity contribution in [3.8, 4) is 11.5 Å². The molecule has 0 fully saturated rings. The summed E-state index contributed by atoms with van der Waals surface area (Å²) in [6.07, 6.45) is -1.07. The summed E-state index contributed by atoms with van der Waals surface area (Å²) in [6, 6.07) is 18.7. The van der Waals surface area contributed by atoms with Gasteiger partial charge >= 0.3 is 5.97 Å². The number of ether oxygens (including phenoxy) is 1. The van der Waals surface area contributed by atoms with Crippen LogP contribution in [0.2, 0.25) is 10.0 Å². The molecule has 3 aromatic carbocycles. The lowest BCUT2D eigenvalue weighted by Gasteiger charge is -2.15. The van der Waals surface area contributed by atoms with Crippen LogP contribution in [0.15, 0.2) is 71.1 Å². The third-order valence-electron chi connectivity index (χ3n) is 4.45. The number of oxazole rings is 1. The van der Waals surface area contributed by atoms with Gasteiger partial charge in [-0.2, -0.15) is 0 Å². The van der Waals surface area contributed by atoms with Crippen molar-refractivity contribution in [2.24, 2.45) is 0 Å². The number of amides is 1. The van der Waals surface area contributed by atoms with Crippen molar-refractivity contribution >= 4 is 51.9 Å². The van der Waals surface area contributed by atoms with Gasteiger partial charge in [0.25, 0.3) is 5.91 Å². The van der Waals surface area contributed by atoms with Crippen molar-refractivity contribution < 1.29 is 18.7 Å². The first-order valence-corrected chi connectivity index (χ1v) is 10.1. The second kappa shape index (κ2) is 8.79. The SMILES string of the molecule is CC(OC(=O)c1ccccc1-c1nc2ccccc2o1)C(=O)Nc1cc(Cl)cc(Cl)c1. The Morgan fingerprint density at radius 1 is 1.00 bits per heavy atom. The number of para-hydroxylation sites is 2. The number of fused-ring (bicyclic) bond motifs is 1. The number of nitrogens with one attached hydrogen (secondary N) is 1. The lowest BCUT2D eigenvalue weighted by atomic mass is 10.1. The fourth-order valence-corrected chi connectivity index (χ4v) is 3.51. The van der Waals surface area contributed by atoms with Crippen LogP contribution in [-0.4, -0.2) is 23.0 Å². The number of aromatic nitrogens is 1. The van der Waals surface area contributed by atoms with E-state index in [4.69, 9.17) is 32.4 Å². The molecule has 0 spiro atoms. The Morgan fingerprint density at radius 3 is 2.42 bits per heavy atom. The van der Waals surface area contributed by atoms with E-state index in [0.29, 0.717) is 38.3 Å². The summed E-state index contributed by atoms with van der Waals surface area (Å²) >= 11 is 11.9. The minimum atomic E-state index is -1.07. The summed E-state index contributed by atoms with van der Waals surface area (Å²) in [5.74, 6) is -0.907. The van der Waals surface area contributed by atoms with Gasteiger partial charge in [0.05, 0.1) is 11.1 Å². The highest BCUT2D eigenvalue weighted by molar-refractivity contribution is 6.35. The Labute approximate surface area is 187 Å². The molecule has 1 N–H and O–H groups in total. The van der Waals surface area contributed by atoms with Crippen LogP contribution in [0.25, 0.3) is 22.6 Å². The molecule has 1 unspecified atom stereocenters. The molecule has 8 heteroatoms. The average Bonchev–Trinajstić information content (AvgIpc) is 3.17. The largest absolute Gasteiger partial charge is 0.449 e. The van der Waals surface area contributed by atoms with Crippen LogP contribution in [-0.2, 0) is 9.53 Å². The lowest BCUT2D eigenvalue weighted by molar-refractivity contribution is -0.123. The molecule has 4 aromatic rings. The maximum Gasteiger partial charge on any atom is 0.339 e. The molecular formula is C23H16Cl2N2O4. The quantitative estimate of drug-likeness (QED) is 0.374. The number of hydrogen-bond donors (Lipinski definition) is 1. The Morgan fingerprint density at radius 2 is 1.68 bits per heavy atom. The number of anilines is 1. The zero-order chi connectivity index (χ0) is 22.0. The average molecular weight is 455 g/mol. The van der Waals surface area contributed by atoms with Crippen molar-refractivity contribution in [1.29, 1.82) is 0 Å². The first-order valence-electron chi connectivity index (χ1n) is 9.33. The van der Waals surface area contributed by atoms with Crippen molar-refractivity contribution in [2.45, 2.75) is 13.0 Å². The van der Waals surface area contributed by atoms with E-state index in [2.05, 4.69) is 10.3 Å². The highest BCUT2D eigenvalue weighted by Gasteiger charge is 2.23. The number of esters is 1. The predicted molar refractivity (Wildman–Crippen MR) is 119 cm³/mol. The van der Waals surface area contributed by atoms with E-state index in [1.807, 2.05) is 18.2 Å². The second-order valence-corrected chi connectivity index (χ2v) is 7.60. The van der Waals surface area contributed by atoms with Gasteiger partial charge in [0.2, 0.25) is 5.89 Å². The van der Waals surface area contributed by atoms with E-state index < -0.39 is 18.0 Å². The maximum absolute atomic E-state index is 12.8. The summed E-state index contributed by atoms with van der Waals surface area (Å²) < 4.78 is 11.2. The molecule has 4 rings (SSSR count). The summed E-state index contributed by atoms with van der Waals surface area (Å²) in [6.45, 7) is 1.47. The Balaban J connectivity index is 1.52. The Bertz CT molecular complexity index is 1230. The Hall–Kier alpha value is -3.35. The van der Waals surface area contributed by atoms with E-state index >= 15 is 0 Å². The molecule has 0 aliphatic carbocycles. The van der Waals surface area contributed by atoms with Crippen molar-refractivity contribution in [3.05, 3.63) is 82.3 Å². The minimum Gasteiger partial charge on any atom is -0.449 e. The van der Waals surface area contributed by atoms with E-state index in [1.165, 1.54) is 6.92 Å². The molecule has 0 bridgehead atoms. The number of hydrogen-bond acceptors (Lipinski definition) is 5. The number of benzene rings is 3. The summed E-state index contributed by atoms with van der Waals surface area (Å²) in [4.78, 5) is 29.7. The van der Waals surface area contributed by atoms with Gasteiger partial charge in [-0.1, -0.05) is 47.5 Å². The van der Waals surface area contributed by atoms with E-state index in [0.717, 1.165) is 0 Å². The van der Waals surface area contributed by atoms with Crippen LogP contribution in [0.1, 0.15) is 17.3 Å². The van der Waals surface area contributed by atoms with Crippen LogP contribution in [0.3, 0.4) is 0 Å². The molecule has 1 heterocycles. The number of nitrogens with zero attached hydrogens (tertiary/aromatic N) is 1.